The molecular weight excluding hydrogens is 302 g/mol. The van der Waals surface area contributed by atoms with Crippen molar-refractivity contribution in [3.8, 4) is 0 Å². The van der Waals surface area contributed by atoms with Crippen LogP contribution in [0, 0.1) is 0 Å². The minimum Gasteiger partial charge on any atom is -0.348 e. The van der Waals surface area contributed by atoms with Gasteiger partial charge in [0, 0.05) is 23.8 Å². The largest absolute Gasteiger partial charge is 0.348 e. The van der Waals surface area contributed by atoms with Crippen LogP contribution < -0.4 is 15.4 Å². The van der Waals surface area contributed by atoms with Gasteiger partial charge in [0.2, 0.25) is 10.0 Å². The molecular formula is C15H23N3O3S. The van der Waals surface area contributed by atoms with E-state index < -0.39 is 10.0 Å². The van der Waals surface area contributed by atoms with E-state index in [1.54, 1.807) is 31.2 Å². The number of nitrogens with one attached hydrogen (secondary N) is 3. The molecule has 0 radical (unpaired) electrons. The maximum atomic E-state index is 12.2. The molecule has 1 fully saturated rings. The fourth-order valence-electron chi connectivity index (χ4n) is 2.47. The van der Waals surface area contributed by atoms with Crippen LogP contribution in [0.2, 0.25) is 0 Å². The van der Waals surface area contributed by atoms with Crippen LogP contribution in [-0.4, -0.2) is 39.2 Å². The second-order valence-corrected chi connectivity index (χ2v) is 7.36. The molecule has 2 rings (SSSR count). The van der Waals surface area contributed by atoms with Crippen LogP contribution in [0.3, 0.4) is 0 Å². The summed E-state index contributed by atoms with van der Waals surface area (Å²) in [5.74, 6) is -0.109. The average molecular weight is 325 g/mol. The first-order chi connectivity index (χ1) is 10.5. The van der Waals surface area contributed by atoms with Crippen molar-refractivity contribution in [1.29, 1.82) is 0 Å². The van der Waals surface area contributed by atoms with Gasteiger partial charge in [0.1, 0.15) is 0 Å². The number of rotatable bonds is 6. The normalized spacial score (nSPS) is 18.7. The van der Waals surface area contributed by atoms with Crippen LogP contribution >= 0.6 is 0 Å². The van der Waals surface area contributed by atoms with Crippen LogP contribution in [-0.2, 0) is 10.0 Å². The third-order valence-electron chi connectivity index (χ3n) is 3.50. The van der Waals surface area contributed by atoms with Crippen molar-refractivity contribution in [2.24, 2.45) is 0 Å². The Morgan fingerprint density at radius 3 is 2.91 bits per heavy atom. The molecule has 1 unspecified atom stereocenters. The van der Waals surface area contributed by atoms with Crippen LogP contribution in [0.15, 0.2) is 24.3 Å². The topological polar surface area (TPSA) is 87.3 Å². The molecule has 0 bridgehead atoms. The molecule has 0 aromatic heterocycles. The zero-order valence-electron chi connectivity index (χ0n) is 12.8. The molecule has 0 spiro atoms. The van der Waals surface area contributed by atoms with E-state index in [2.05, 4.69) is 15.4 Å². The fourth-order valence-corrected chi connectivity index (χ4v) is 3.59. The second-order valence-electron chi connectivity index (χ2n) is 5.52. The molecule has 6 nitrogen and oxygen atoms in total. The molecule has 1 aliphatic heterocycles. The highest BCUT2D eigenvalue weighted by atomic mass is 32.2. The quantitative estimate of drug-likeness (QED) is 0.736. The van der Waals surface area contributed by atoms with Crippen LogP contribution in [0.5, 0.6) is 0 Å². The number of carbonyl (C=O) groups excluding carboxylic acids is 1. The lowest BCUT2D eigenvalue weighted by Crippen LogP contribution is -2.45. The van der Waals surface area contributed by atoms with Crippen LogP contribution in [0.4, 0.5) is 5.69 Å². The third kappa shape index (κ3) is 4.99. The van der Waals surface area contributed by atoms with Gasteiger partial charge in [-0.25, -0.2) is 8.42 Å². The Balaban J connectivity index is 2.02. The summed E-state index contributed by atoms with van der Waals surface area (Å²) in [6, 6.07) is 6.70. The zero-order chi connectivity index (χ0) is 16.0. The van der Waals surface area contributed by atoms with Gasteiger partial charge in [0.25, 0.3) is 5.91 Å². The van der Waals surface area contributed by atoms with Crippen molar-refractivity contribution >= 4 is 21.6 Å². The predicted octanol–water partition coefficient (Wildman–Crippen LogP) is 1.32. The first-order valence-electron chi connectivity index (χ1n) is 7.62. The van der Waals surface area contributed by atoms with E-state index in [1.807, 2.05) is 0 Å². The lowest BCUT2D eigenvalue weighted by atomic mass is 10.1. The minimum atomic E-state index is -3.35. The number of hydrogen-bond acceptors (Lipinski definition) is 4. The van der Waals surface area contributed by atoms with Gasteiger partial charge in [-0.1, -0.05) is 13.0 Å². The lowest BCUT2D eigenvalue weighted by Gasteiger charge is -2.23. The molecule has 1 aliphatic rings. The maximum Gasteiger partial charge on any atom is 0.251 e. The van der Waals surface area contributed by atoms with Crippen molar-refractivity contribution in [1.82, 2.24) is 10.6 Å². The van der Waals surface area contributed by atoms with E-state index >= 15 is 0 Å². The fraction of sp³-hybridized carbons (Fsp3) is 0.533. The highest BCUT2D eigenvalue weighted by Gasteiger charge is 2.17. The summed E-state index contributed by atoms with van der Waals surface area (Å²) in [7, 11) is -3.35. The zero-order valence-corrected chi connectivity index (χ0v) is 13.6. The number of carbonyl (C=O) groups is 1. The number of benzene rings is 1. The predicted molar refractivity (Wildman–Crippen MR) is 87.5 cm³/mol. The van der Waals surface area contributed by atoms with E-state index in [0.717, 1.165) is 25.9 Å². The Hall–Kier alpha value is -1.60. The van der Waals surface area contributed by atoms with Crippen molar-refractivity contribution in [3.63, 3.8) is 0 Å². The number of sulfonamides is 1. The summed E-state index contributed by atoms with van der Waals surface area (Å²) >= 11 is 0. The van der Waals surface area contributed by atoms with Crippen LogP contribution in [0.1, 0.15) is 36.5 Å². The van der Waals surface area contributed by atoms with E-state index in [1.165, 1.54) is 0 Å². The molecule has 1 saturated heterocycles. The van der Waals surface area contributed by atoms with E-state index in [9.17, 15) is 13.2 Å². The molecule has 0 saturated carbocycles. The van der Waals surface area contributed by atoms with Crippen molar-refractivity contribution in [2.75, 3.05) is 23.6 Å². The molecule has 1 aromatic carbocycles. The molecule has 1 aromatic rings. The molecule has 0 aliphatic carbocycles. The van der Waals surface area contributed by atoms with Gasteiger partial charge in [-0.05, 0) is 44.0 Å². The SMILES string of the molecule is CCCS(=O)(=O)Nc1cccc(C(=O)NC2CCCNC2)c1. The van der Waals surface area contributed by atoms with Crippen molar-refractivity contribution in [2.45, 2.75) is 32.2 Å². The number of hydrogen-bond donors (Lipinski definition) is 3. The molecule has 1 atom stereocenters. The summed E-state index contributed by atoms with van der Waals surface area (Å²) in [5.41, 5.74) is 0.880. The summed E-state index contributed by atoms with van der Waals surface area (Å²) < 4.78 is 26.1. The molecule has 7 heteroatoms. The first-order valence-corrected chi connectivity index (χ1v) is 9.27. The Bertz CT molecular complexity index is 610. The van der Waals surface area contributed by atoms with Gasteiger partial charge >= 0.3 is 0 Å². The monoisotopic (exact) mass is 325 g/mol. The van der Waals surface area contributed by atoms with Gasteiger partial charge in [0.15, 0.2) is 0 Å². The van der Waals surface area contributed by atoms with Gasteiger partial charge in [0.05, 0.1) is 5.75 Å². The van der Waals surface area contributed by atoms with Gasteiger partial charge in [-0.15, -0.1) is 0 Å². The highest BCUT2D eigenvalue weighted by Crippen LogP contribution is 2.13. The van der Waals surface area contributed by atoms with Crippen molar-refractivity contribution in [3.05, 3.63) is 29.8 Å². The molecule has 1 amide bonds. The smallest absolute Gasteiger partial charge is 0.251 e. The van der Waals surface area contributed by atoms with E-state index in [-0.39, 0.29) is 17.7 Å². The molecule has 122 valence electrons. The third-order valence-corrected chi connectivity index (χ3v) is 5.00. The number of amides is 1. The van der Waals surface area contributed by atoms with Crippen molar-refractivity contribution < 1.29 is 13.2 Å². The standard InChI is InChI=1S/C15H23N3O3S/c1-2-9-22(20,21)18-13-6-3-5-12(10-13)15(19)17-14-7-4-8-16-11-14/h3,5-6,10,14,16,18H,2,4,7-9,11H2,1H3,(H,17,19). The Morgan fingerprint density at radius 2 is 2.23 bits per heavy atom. The van der Waals surface area contributed by atoms with Crippen LogP contribution in [0.25, 0.3) is 0 Å². The maximum absolute atomic E-state index is 12.2. The van der Waals surface area contributed by atoms with Gasteiger partial charge in [-0.2, -0.15) is 0 Å². The first kappa shape index (κ1) is 16.8. The Labute approximate surface area is 131 Å². The number of anilines is 1. The van der Waals surface area contributed by atoms with E-state index in [0.29, 0.717) is 17.7 Å². The van der Waals surface area contributed by atoms with Gasteiger partial charge < -0.3 is 10.6 Å². The summed E-state index contributed by atoms with van der Waals surface area (Å²) in [4.78, 5) is 12.2. The molecule has 3 N–H and O–H groups in total. The summed E-state index contributed by atoms with van der Waals surface area (Å²) in [6.45, 7) is 3.57. The highest BCUT2D eigenvalue weighted by molar-refractivity contribution is 7.92. The summed E-state index contributed by atoms with van der Waals surface area (Å²) in [5, 5.41) is 6.21. The second kappa shape index (κ2) is 7.60. The number of piperidine rings is 1. The Morgan fingerprint density at radius 1 is 1.41 bits per heavy atom. The average Bonchev–Trinajstić information content (AvgIpc) is 2.48. The lowest BCUT2D eigenvalue weighted by molar-refractivity contribution is 0.0930. The molecule has 1 heterocycles. The Kier molecular flexibility index (Phi) is 5.79. The van der Waals surface area contributed by atoms with Gasteiger partial charge in [-0.3, -0.25) is 9.52 Å². The molecule has 22 heavy (non-hydrogen) atoms. The minimum absolute atomic E-state index is 0.0666. The summed E-state index contributed by atoms with van der Waals surface area (Å²) in [6.07, 6.45) is 2.55. The van der Waals surface area contributed by atoms with E-state index in [4.69, 9.17) is 0 Å².